The maximum Gasteiger partial charge on any atom is 0.247 e. The number of methoxy groups -OCH3 is 1. The van der Waals surface area contributed by atoms with E-state index in [9.17, 15) is 18.4 Å². The van der Waals surface area contributed by atoms with Crippen LogP contribution in [0.25, 0.3) is 0 Å². The number of nitrogens with two attached hydrogens (primary N) is 1. The molecule has 1 fully saturated rings. The van der Waals surface area contributed by atoms with E-state index in [0.29, 0.717) is 17.0 Å². The van der Waals surface area contributed by atoms with Crippen LogP contribution in [0.15, 0.2) is 52.7 Å². The number of halogens is 2. The number of benzene rings is 2. The molecule has 7 nitrogen and oxygen atoms in total. The molecule has 10 heteroatoms. The molecule has 2 amide bonds. The van der Waals surface area contributed by atoms with E-state index >= 15 is 0 Å². The minimum atomic E-state index is -0.764. The van der Waals surface area contributed by atoms with Crippen molar-refractivity contribution in [3.63, 3.8) is 0 Å². The van der Waals surface area contributed by atoms with Crippen molar-refractivity contribution in [1.29, 1.82) is 0 Å². The van der Waals surface area contributed by atoms with Crippen molar-refractivity contribution in [2.24, 2.45) is 15.9 Å². The Bertz CT molecular complexity index is 1040. The quantitative estimate of drug-likeness (QED) is 0.339. The van der Waals surface area contributed by atoms with Crippen LogP contribution >= 0.6 is 11.8 Å². The van der Waals surface area contributed by atoms with Gasteiger partial charge < -0.3 is 10.5 Å². The van der Waals surface area contributed by atoms with Gasteiger partial charge in [0.25, 0.3) is 0 Å². The van der Waals surface area contributed by atoms with Gasteiger partial charge in [-0.15, -0.1) is 5.10 Å². The second kappa shape index (κ2) is 9.04. The second-order valence-corrected chi connectivity index (χ2v) is 7.55. The Morgan fingerprint density at radius 3 is 2.50 bits per heavy atom. The lowest BCUT2D eigenvalue weighted by atomic mass is 10.1. The molecule has 0 aromatic heterocycles. The number of amidine groups is 1. The summed E-state index contributed by atoms with van der Waals surface area (Å²) in [4.78, 5) is 25.8. The average molecular weight is 432 g/mol. The van der Waals surface area contributed by atoms with Crippen LogP contribution in [0.1, 0.15) is 18.9 Å². The van der Waals surface area contributed by atoms with Crippen molar-refractivity contribution in [1.82, 2.24) is 0 Å². The molecule has 0 saturated carbocycles. The number of nitrogens with zero attached hydrogens (tertiary/aromatic N) is 3. The molecule has 0 spiro atoms. The first-order valence-electron chi connectivity index (χ1n) is 8.80. The number of rotatable bonds is 5. The average Bonchev–Trinajstić information content (AvgIpc) is 2.99. The van der Waals surface area contributed by atoms with Gasteiger partial charge in [0.05, 0.1) is 18.5 Å². The molecule has 1 aliphatic heterocycles. The molecule has 1 saturated heterocycles. The number of carbonyl (C=O) groups excluding carboxylic acids is 2. The first-order valence-corrected chi connectivity index (χ1v) is 9.68. The number of amides is 2. The molecule has 1 atom stereocenters. The zero-order chi connectivity index (χ0) is 21.8. The number of ether oxygens (including phenoxy) is 1. The Balaban J connectivity index is 1.70. The van der Waals surface area contributed by atoms with E-state index in [2.05, 4.69) is 10.2 Å². The van der Waals surface area contributed by atoms with Crippen LogP contribution in [-0.4, -0.2) is 35.1 Å². The molecule has 0 radical (unpaired) electrons. The molecule has 3 rings (SSSR count). The summed E-state index contributed by atoms with van der Waals surface area (Å²) in [6.45, 7) is 1.63. The molecule has 1 heterocycles. The minimum Gasteiger partial charge on any atom is -0.494 e. The van der Waals surface area contributed by atoms with Crippen LogP contribution in [0.3, 0.4) is 0 Å². The maximum absolute atomic E-state index is 13.8. The van der Waals surface area contributed by atoms with Gasteiger partial charge in [-0.3, -0.25) is 9.59 Å². The first kappa shape index (κ1) is 21.4. The highest BCUT2D eigenvalue weighted by atomic mass is 32.2. The summed E-state index contributed by atoms with van der Waals surface area (Å²) in [6.07, 6.45) is -0.0660. The summed E-state index contributed by atoms with van der Waals surface area (Å²) in [6, 6.07) is 9.42. The van der Waals surface area contributed by atoms with E-state index in [1.807, 2.05) is 0 Å². The first-order chi connectivity index (χ1) is 14.3. The summed E-state index contributed by atoms with van der Waals surface area (Å²) in [5.74, 6) is -1.77. The fraction of sp³-hybridized carbons (Fsp3) is 0.200. The molecule has 1 aliphatic rings. The number of hydrogen-bond donors (Lipinski definition) is 1. The predicted molar refractivity (Wildman–Crippen MR) is 112 cm³/mol. The zero-order valence-corrected chi connectivity index (χ0v) is 17.0. The molecule has 0 unspecified atom stereocenters. The van der Waals surface area contributed by atoms with Gasteiger partial charge in [0.15, 0.2) is 16.7 Å². The largest absolute Gasteiger partial charge is 0.494 e. The van der Waals surface area contributed by atoms with Crippen LogP contribution < -0.4 is 15.4 Å². The third kappa shape index (κ3) is 4.65. The summed E-state index contributed by atoms with van der Waals surface area (Å²) < 4.78 is 31.8. The molecular formula is C20H18F2N4O3S. The normalized spacial score (nSPS) is 17.6. The van der Waals surface area contributed by atoms with E-state index in [-0.39, 0.29) is 17.3 Å². The van der Waals surface area contributed by atoms with Crippen molar-refractivity contribution >= 4 is 40.1 Å². The van der Waals surface area contributed by atoms with Gasteiger partial charge in [0.1, 0.15) is 11.1 Å². The van der Waals surface area contributed by atoms with Crippen LogP contribution in [-0.2, 0) is 9.59 Å². The van der Waals surface area contributed by atoms with Crippen molar-refractivity contribution in [3.05, 3.63) is 59.7 Å². The number of anilines is 1. The Labute approximate surface area is 175 Å². The summed E-state index contributed by atoms with van der Waals surface area (Å²) >= 11 is 0.908. The zero-order valence-electron chi connectivity index (χ0n) is 16.1. The summed E-state index contributed by atoms with van der Waals surface area (Å²) in [7, 11) is 1.37. The highest BCUT2D eigenvalue weighted by Gasteiger charge is 2.40. The van der Waals surface area contributed by atoms with Crippen molar-refractivity contribution in [3.8, 4) is 5.75 Å². The lowest BCUT2D eigenvalue weighted by molar-refractivity contribution is -0.121. The smallest absolute Gasteiger partial charge is 0.247 e. The van der Waals surface area contributed by atoms with Crippen LogP contribution in [0.5, 0.6) is 5.75 Å². The Morgan fingerprint density at radius 1 is 1.17 bits per heavy atom. The van der Waals surface area contributed by atoms with Gasteiger partial charge in [-0.1, -0.05) is 11.8 Å². The van der Waals surface area contributed by atoms with Crippen molar-refractivity contribution in [2.45, 2.75) is 18.6 Å². The van der Waals surface area contributed by atoms with Gasteiger partial charge in [-0.2, -0.15) is 5.10 Å². The summed E-state index contributed by atoms with van der Waals surface area (Å²) in [5, 5.41) is 7.05. The molecule has 0 aliphatic carbocycles. The predicted octanol–water partition coefficient (Wildman–Crippen LogP) is 3.08. The SMILES string of the molecule is COc1ccc(/C(C)=N\N=C(N)S[C@@H]2CC(=O)N(c3ccc(F)cc3)C2=O)cc1F. The van der Waals surface area contributed by atoms with E-state index in [0.717, 1.165) is 16.7 Å². The van der Waals surface area contributed by atoms with Gasteiger partial charge in [0, 0.05) is 12.0 Å². The summed E-state index contributed by atoms with van der Waals surface area (Å²) in [5.41, 5.74) is 7.03. The van der Waals surface area contributed by atoms with E-state index < -0.39 is 28.7 Å². The van der Waals surface area contributed by atoms with Crippen LogP contribution in [0, 0.1) is 11.6 Å². The molecule has 2 aromatic carbocycles. The third-order valence-corrected chi connectivity index (χ3v) is 5.30. The fourth-order valence-electron chi connectivity index (χ4n) is 2.80. The standard InChI is InChI=1S/C20H18F2N4O3S/c1-11(12-3-8-16(29-2)15(22)9-12)24-25-20(23)30-17-10-18(27)26(19(17)28)14-6-4-13(21)5-7-14/h3-9,17H,10H2,1-2H3,(H2,23,25)/b24-11-/t17-/m1/s1. The number of hydrogen-bond acceptors (Lipinski definition) is 6. The molecule has 2 aromatic rings. The molecule has 0 bridgehead atoms. The number of carbonyl (C=O) groups is 2. The van der Waals surface area contributed by atoms with E-state index in [4.69, 9.17) is 10.5 Å². The number of imide groups is 1. The van der Waals surface area contributed by atoms with Crippen LogP contribution in [0.4, 0.5) is 14.5 Å². The topological polar surface area (TPSA) is 97.3 Å². The maximum atomic E-state index is 13.8. The highest BCUT2D eigenvalue weighted by molar-refractivity contribution is 8.14. The number of thioether (sulfide) groups is 1. The van der Waals surface area contributed by atoms with E-state index in [1.165, 1.54) is 43.5 Å². The lowest BCUT2D eigenvalue weighted by Crippen LogP contribution is -2.31. The lowest BCUT2D eigenvalue weighted by Gasteiger charge is -2.14. The van der Waals surface area contributed by atoms with Gasteiger partial charge in [-0.05, 0) is 49.4 Å². The highest BCUT2D eigenvalue weighted by Crippen LogP contribution is 2.29. The van der Waals surface area contributed by atoms with E-state index in [1.54, 1.807) is 13.0 Å². The monoisotopic (exact) mass is 432 g/mol. The third-order valence-electron chi connectivity index (χ3n) is 4.32. The Kier molecular flexibility index (Phi) is 6.46. The Hall–Kier alpha value is -3.27. The van der Waals surface area contributed by atoms with Crippen LogP contribution in [0.2, 0.25) is 0 Å². The minimum absolute atomic E-state index is 0.0181. The fourth-order valence-corrected chi connectivity index (χ4v) is 3.61. The second-order valence-electron chi connectivity index (χ2n) is 6.33. The molecule has 2 N–H and O–H groups in total. The van der Waals surface area contributed by atoms with Crippen molar-refractivity contribution in [2.75, 3.05) is 12.0 Å². The molecule has 30 heavy (non-hydrogen) atoms. The van der Waals surface area contributed by atoms with Gasteiger partial charge >= 0.3 is 0 Å². The van der Waals surface area contributed by atoms with Gasteiger partial charge in [-0.25, -0.2) is 13.7 Å². The molecule has 156 valence electrons. The van der Waals surface area contributed by atoms with Gasteiger partial charge in [0.2, 0.25) is 11.8 Å². The molecular weight excluding hydrogens is 414 g/mol. The Morgan fingerprint density at radius 2 is 1.87 bits per heavy atom. The van der Waals surface area contributed by atoms with Crippen molar-refractivity contribution < 1.29 is 23.1 Å².